The Hall–Kier alpha value is -2.28. The maximum atomic E-state index is 11.9. The molecule has 1 aromatic heterocycles. The lowest BCUT2D eigenvalue weighted by atomic mass is 10.1. The van der Waals surface area contributed by atoms with Crippen molar-refractivity contribution in [2.75, 3.05) is 19.4 Å². The minimum Gasteiger partial charge on any atom is -0.497 e. The summed E-state index contributed by atoms with van der Waals surface area (Å²) in [5, 5.41) is 7.39. The molecule has 1 aliphatic rings. The van der Waals surface area contributed by atoms with Crippen LogP contribution in [0.3, 0.4) is 0 Å². The van der Waals surface area contributed by atoms with Crippen LogP contribution in [0.1, 0.15) is 5.69 Å². The highest BCUT2D eigenvalue weighted by Gasteiger charge is 2.14. The van der Waals surface area contributed by atoms with Crippen LogP contribution in [0.2, 0.25) is 0 Å². The van der Waals surface area contributed by atoms with Crippen LogP contribution in [0.25, 0.3) is 11.3 Å². The van der Waals surface area contributed by atoms with Gasteiger partial charge in [0.1, 0.15) is 5.75 Å². The van der Waals surface area contributed by atoms with Gasteiger partial charge >= 0.3 is 0 Å². The molecule has 2 aromatic rings. The van der Waals surface area contributed by atoms with Crippen LogP contribution in [0.15, 0.2) is 39.8 Å². The van der Waals surface area contributed by atoms with Crippen molar-refractivity contribution in [3.8, 4) is 17.1 Å². The Labute approximate surface area is 131 Å². The van der Waals surface area contributed by atoms with Crippen LogP contribution >= 0.6 is 11.8 Å². The van der Waals surface area contributed by atoms with Crippen molar-refractivity contribution in [1.29, 1.82) is 0 Å². The molecule has 22 heavy (non-hydrogen) atoms. The number of hydrogen-bond donors (Lipinski definition) is 1. The Morgan fingerprint density at radius 1 is 1.45 bits per heavy atom. The Bertz CT molecular complexity index is 712. The fourth-order valence-electron chi connectivity index (χ4n) is 2.05. The Morgan fingerprint density at radius 3 is 3.14 bits per heavy atom. The number of amidine groups is 1. The summed E-state index contributed by atoms with van der Waals surface area (Å²) in [7, 11) is 1.61. The Balaban J connectivity index is 1.66. The zero-order chi connectivity index (χ0) is 15.4. The number of carbonyl (C=O) groups is 1. The first-order valence-corrected chi connectivity index (χ1v) is 7.80. The molecule has 0 saturated carbocycles. The van der Waals surface area contributed by atoms with E-state index in [2.05, 4.69) is 15.5 Å². The smallest absolute Gasteiger partial charge is 0.232 e. The highest BCUT2D eigenvalue weighted by Crippen LogP contribution is 2.24. The van der Waals surface area contributed by atoms with E-state index < -0.39 is 0 Å². The number of thioether (sulfide) groups is 1. The molecule has 0 fully saturated rings. The lowest BCUT2D eigenvalue weighted by Crippen LogP contribution is -2.28. The average Bonchev–Trinajstić information content (AvgIpc) is 3.19. The van der Waals surface area contributed by atoms with Crippen molar-refractivity contribution in [3.05, 3.63) is 36.0 Å². The molecule has 1 aliphatic heterocycles. The largest absolute Gasteiger partial charge is 0.497 e. The Kier molecular flexibility index (Phi) is 4.43. The minimum atomic E-state index is -0.140. The van der Waals surface area contributed by atoms with Crippen LogP contribution in [-0.4, -0.2) is 35.6 Å². The summed E-state index contributed by atoms with van der Waals surface area (Å²) in [4.78, 5) is 16.1. The quantitative estimate of drug-likeness (QED) is 0.934. The SMILES string of the molecule is COc1cccc(-c2cc(CC(=O)NC3=NCCS3)no2)c1. The number of carbonyl (C=O) groups excluding carboxylic acids is 1. The number of methoxy groups -OCH3 is 1. The molecule has 6 nitrogen and oxygen atoms in total. The molecule has 0 aliphatic carbocycles. The summed E-state index contributed by atoms with van der Waals surface area (Å²) < 4.78 is 10.5. The summed E-state index contributed by atoms with van der Waals surface area (Å²) in [6, 6.07) is 9.25. The number of nitrogens with zero attached hydrogens (tertiary/aromatic N) is 2. The van der Waals surface area contributed by atoms with Gasteiger partial charge in [-0.2, -0.15) is 0 Å². The van der Waals surface area contributed by atoms with Crippen molar-refractivity contribution in [2.24, 2.45) is 4.99 Å². The van der Waals surface area contributed by atoms with E-state index >= 15 is 0 Å². The van der Waals surface area contributed by atoms with Crippen LogP contribution in [0.5, 0.6) is 5.75 Å². The molecule has 1 amide bonds. The van der Waals surface area contributed by atoms with Gasteiger partial charge in [0.15, 0.2) is 10.9 Å². The van der Waals surface area contributed by atoms with Gasteiger partial charge in [-0.3, -0.25) is 9.79 Å². The van der Waals surface area contributed by atoms with Gasteiger partial charge in [0.25, 0.3) is 0 Å². The number of hydrogen-bond acceptors (Lipinski definition) is 6. The van der Waals surface area contributed by atoms with Crippen molar-refractivity contribution in [1.82, 2.24) is 10.5 Å². The highest BCUT2D eigenvalue weighted by atomic mass is 32.2. The molecule has 0 radical (unpaired) electrons. The topological polar surface area (TPSA) is 76.7 Å². The molecule has 0 spiro atoms. The first kappa shape index (κ1) is 14.6. The van der Waals surface area contributed by atoms with Crippen LogP contribution in [0.4, 0.5) is 0 Å². The molecular weight excluding hydrogens is 302 g/mol. The second kappa shape index (κ2) is 6.65. The van der Waals surface area contributed by atoms with Crippen molar-refractivity contribution < 1.29 is 14.1 Å². The summed E-state index contributed by atoms with van der Waals surface area (Å²) in [6.45, 7) is 0.754. The second-order valence-corrected chi connectivity index (χ2v) is 5.76. The van der Waals surface area contributed by atoms with Crippen molar-refractivity contribution in [3.63, 3.8) is 0 Å². The zero-order valence-corrected chi connectivity index (χ0v) is 12.9. The molecule has 3 rings (SSSR count). The van der Waals surface area contributed by atoms with E-state index in [4.69, 9.17) is 9.26 Å². The first-order chi connectivity index (χ1) is 10.7. The maximum Gasteiger partial charge on any atom is 0.232 e. The van der Waals surface area contributed by atoms with Gasteiger partial charge in [-0.05, 0) is 12.1 Å². The highest BCUT2D eigenvalue weighted by molar-refractivity contribution is 8.14. The van der Waals surface area contributed by atoms with E-state index in [9.17, 15) is 4.79 Å². The number of amides is 1. The Morgan fingerprint density at radius 2 is 2.36 bits per heavy atom. The van der Waals surface area contributed by atoms with E-state index in [1.54, 1.807) is 24.9 Å². The summed E-state index contributed by atoms with van der Waals surface area (Å²) >= 11 is 1.55. The van der Waals surface area contributed by atoms with Crippen LogP contribution < -0.4 is 10.1 Å². The van der Waals surface area contributed by atoms with Gasteiger partial charge in [-0.15, -0.1) is 0 Å². The number of aliphatic imine (C=N–C) groups is 1. The van der Waals surface area contributed by atoms with Crippen molar-refractivity contribution >= 4 is 22.8 Å². The first-order valence-electron chi connectivity index (χ1n) is 6.82. The molecule has 2 heterocycles. The van der Waals surface area contributed by atoms with Gasteiger partial charge in [0, 0.05) is 17.4 Å². The van der Waals surface area contributed by atoms with E-state index in [0.717, 1.165) is 23.6 Å². The van der Waals surface area contributed by atoms with Crippen LogP contribution in [-0.2, 0) is 11.2 Å². The minimum absolute atomic E-state index is 0.140. The predicted molar refractivity (Wildman–Crippen MR) is 85.1 cm³/mol. The molecule has 0 bridgehead atoms. The molecule has 0 saturated heterocycles. The fourth-order valence-corrected chi connectivity index (χ4v) is 2.79. The number of aromatic nitrogens is 1. The van der Waals surface area contributed by atoms with E-state index in [1.165, 1.54) is 0 Å². The maximum absolute atomic E-state index is 11.9. The zero-order valence-electron chi connectivity index (χ0n) is 12.0. The molecule has 0 unspecified atom stereocenters. The third-order valence-electron chi connectivity index (χ3n) is 3.09. The second-order valence-electron chi connectivity index (χ2n) is 4.67. The lowest BCUT2D eigenvalue weighted by molar-refractivity contribution is -0.119. The average molecular weight is 317 g/mol. The molecule has 1 N–H and O–H groups in total. The van der Waals surface area contributed by atoms with E-state index in [0.29, 0.717) is 16.6 Å². The predicted octanol–water partition coefficient (Wildman–Crippen LogP) is 2.11. The summed E-state index contributed by atoms with van der Waals surface area (Å²) in [5.74, 6) is 2.12. The number of nitrogens with one attached hydrogen (secondary N) is 1. The normalized spacial score (nSPS) is 13.8. The number of ether oxygens (including phenoxy) is 1. The molecule has 1 aromatic carbocycles. The van der Waals surface area contributed by atoms with Crippen molar-refractivity contribution in [2.45, 2.75) is 6.42 Å². The third-order valence-corrected chi connectivity index (χ3v) is 3.98. The number of benzene rings is 1. The summed E-state index contributed by atoms with van der Waals surface area (Å²) in [5.41, 5.74) is 1.44. The third kappa shape index (κ3) is 3.48. The van der Waals surface area contributed by atoms with Gasteiger partial charge in [-0.25, -0.2) is 0 Å². The monoisotopic (exact) mass is 317 g/mol. The standard InChI is InChI=1S/C15H15N3O3S/c1-20-12-4-2-3-10(7-12)13-8-11(18-21-13)9-14(19)17-15-16-5-6-22-15/h2-4,7-8H,5-6,9H2,1H3,(H,16,17,19). The van der Waals surface area contributed by atoms with Crippen LogP contribution in [0, 0.1) is 0 Å². The van der Waals surface area contributed by atoms with Gasteiger partial charge < -0.3 is 14.6 Å². The van der Waals surface area contributed by atoms with Gasteiger partial charge in [0.05, 0.1) is 25.8 Å². The number of rotatable bonds is 4. The van der Waals surface area contributed by atoms with Gasteiger partial charge in [-0.1, -0.05) is 29.1 Å². The molecule has 0 atom stereocenters. The molecular formula is C15H15N3O3S. The summed E-state index contributed by atoms with van der Waals surface area (Å²) in [6.07, 6.45) is 0.160. The fraction of sp³-hybridized carbons (Fsp3) is 0.267. The van der Waals surface area contributed by atoms with E-state index in [1.807, 2.05) is 24.3 Å². The van der Waals surface area contributed by atoms with E-state index in [-0.39, 0.29) is 12.3 Å². The lowest BCUT2D eigenvalue weighted by Gasteiger charge is -2.01. The molecule has 7 heteroatoms. The molecule has 114 valence electrons. The van der Waals surface area contributed by atoms with Gasteiger partial charge in [0.2, 0.25) is 5.91 Å².